The summed E-state index contributed by atoms with van der Waals surface area (Å²) in [6, 6.07) is 11.0. The van der Waals surface area contributed by atoms with Gasteiger partial charge in [-0.1, -0.05) is 13.0 Å². The van der Waals surface area contributed by atoms with Crippen LogP contribution in [0.1, 0.15) is 45.1 Å². The number of esters is 2. The van der Waals surface area contributed by atoms with Crippen LogP contribution >= 0.6 is 0 Å². The summed E-state index contributed by atoms with van der Waals surface area (Å²) in [5, 5.41) is 0. The highest BCUT2D eigenvalue weighted by Gasteiger charge is 2.36. The van der Waals surface area contributed by atoms with Crippen LogP contribution in [0.5, 0.6) is 17.2 Å². The quantitative estimate of drug-likeness (QED) is 0.542. The van der Waals surface area contributed by atoms with Crippen molar-refractivity contribution in [2.45, 2.75) is 45.6 Å². The Morgan fingerprint density at radius 1 is 1.03 bits per heavy atom. The third-order valence-electron chi connectivity index (χ3n) is 5.68. The number of carbonyl (C=O) groups is 2. The number of hydrogen-bond donors (Lipinski definition) is 1. The molecule has 0 aromatic heterocycles. The molecule has 2 N–H and O–H groups in total. The summed E-state index contributed by atoms with van der Waals surface area (Å²) in [7, 11) is 3.16. The molecule has 2 aromatic carbocycles. The topological polar surface area (TPSA) is 106 Å². The summed E-state index contributed by atoms with van der Waals surface area (Å²) in [6.07, 6.45) is 0.357. The average Bonchev–Trinajstić information content (AvgIpc) is 2.83. The molecule has 0 amide bonds. The monoisotopic (exact) mass is 469 g/mol. The second-order valence-corrected chi connectivity index (χ2v) is 7.92. The predicted molar refractivity (Wildman–Crippen MR) is 127 cm³/mol. The van der Waals surface area contributed by atoms with Crippen LogP contribution in [0.2, 0.25) is 0 Å². The van der Waals surface area contributed by atoms with Crippen LogP contribution in [-0.2, 0) is 19.1 Å². The van der Waals surface area contributed by atoms with Crippen LogP contribution < -0.4 is 19.9 Å². The van der Waals surface area contributed by atoms with Gasteiger partial charge < -0.3 is 29.4 Å². The van der Waals surface area contributed by atoms with Crippen LogP contribution in [-0.4, -0.2) is 38.9 Å². The highest BCUT2D eigenvalue weighted by atomic mass is 16.5. The number of rotatable bonds is 9. The molecule has 8 nitrogen and oxygen atoms in total. The maximum atomic E-state index is 12.8. The molecule has 182 valence electrons. The lowest BCUT2D eigenvalue weighted by molar-refractivity contribution is -0.148. The number of ether oxygens (including phenoxy) is 5. The summed E-state index contributed by atoms with van der Waals surface area (Å²) in [5.74, 6) is -0.0993. The van der Waals surface area contributed by atoms with Crippen molar-refractivity contribution in [1.29, 1.82) is 0 Å². The van der Waals surface area contributed by atoms with Crippen LogP contribution in [0.3, 0.4) is 0 Å². The van der Waals surface area contributed by atoms with Gasteiger partial charge in [-0.2, -0.15) is 0 Å². The Morgan fingerprint density at radius 2 is 1.71 bits per heavy atom. The molecule has 3 rings (SSSR count). The van der Waals surface area contributed by atoms with Crippen molar-refractivity contribution in [3.63, 3.8) is 0 Å². The van der Waals surface area contributed by atoms with Crippen molar-refractivity contribution in [2.75, 3.05) is 20.8 Å². The van der Waals surface area contributed by atoms with Gasteiger partial charge in [0.25, 0.3) is 0 Å². The van der Waals surface area contributed by atoms with Gasteiger partial charge >= 0.3 is 11.9 Å². The van der Waals surface area contributed by atoms with Crippen LogP contribution in [0, 0.1) is 0 Å². The minimum atomic E-state index is -0.688. The second kappa shape index (κ2) is 11.0. The van der Waals surface area contributed by atoms with Gasteiger partial charge in [0.2, 0.25) is 5.88 Å². The molecule has 8 heteroatoms. The zero-order valence-electron chi connectivity index (χ0n) is 20.2. The van der Waals surface area contributed by atoms with E-state index in [0.717, 1.165) is 11.1 Å². The molecule has 34 heavy (non-hydrogen) atoms. The SMILES string of the molecule is CCOC(=O)C1=C(N)Oc2ccc(-c3cc(OC)cc(OC)c3)cc2[C@H]1CC(=O)O[C@@H](C)CC. The summed E-state index contributed by atoms with van der Waals surface area (Å²) in [6.45, 7) is 5.61. The molecule has 1 aliphatic rings. The van der Waals surface area contributed by atoms with Crippen molar-refractivity contribution in [3.05, 3.63) is 53.4 Å². The molecule has 0 radical (unpaired) electrons. The molecule has 2 aromatic rings. The number of hydrogen-bond acceptors (Lipinski definition) is 8. The molecular weight excluding hydrogens is 438 g/mol. The van der Waals surface area contributed by atoms with E-state index in [0.29, 0.717) is 29.2 Å². The molecule has 2 atom stereocenters. The van der Waals surface area contributed by atoms with Crippen molar-refractivity contribution < 1.29 is 33.3 Å². The van der Waals surface area contributed by atoms with Crippen molar-refractivity contribution in [2.24, 2.45) is 5.73 Å². The standard InChI is InChI=1S/C26H31NO7/c1-6-15(3)33-23(28)14-21-20-12-16(17-10-18(30-4)13-19(11-17)31-5)8-9-22(20)34-25(27)24(21)26(29)32-7-2/h8-13,15,21H,6-7,14,27H2,1-5H3/t15-,21+/m0/s1. The van der Waals surface area contributed by atoms with Gasteiger partial charge in [-0.15, -0.1) is 0 Å². The van der Waals surface area contributed by atoms with Crippen molar-refractivity contribution in [3.8, 4) is 28.4 Å². The van der Waals surface area contributed by atoms with E-state index in [1.54, 1.807) is 33.3 Å². The molecule has 1 heterocycles. The largest absolute Gasteiger partial charge is 0.497 e. The van der Waals surface area contributed by atoms with E-state index in [1.807, 2.05) is 38.1 Å². The average molecular weight is 470 g/mol. The van der Waals surface area contributed by atoms with Gasteiger partial charge in [0.15, 0.2) is 0 Å². The number of methoxy groups -OCH3 is 2. The van der Waals surface area contributed by atoms with E-state index in [-0.39, 0.29) is 30.6 Å². The van der Waals surface area contributed by atoms with Gasteiger partial charge in [0, 0.05) is 17.5 Å². The first-order valence-electron chi connectivity index (χ1n) is 11.2. The number of carbonyl (C=O) groups excluding carboxylic acids is 2. The normalized spacial score (nSPS) is 15.6. The minimum absolute atomic E-state index is 0.0805. The van der Waals surface area contributed by atoms with Gasteiger partial charge in [0.1, 0.15) is 22.8 Å². The van der Waals surface area contributed by atoms with Gasteiger partial charge in [-0.05, 0) is 55.7 Å². The molecule has 0 fully saturated rings. The fourth-order valence-electron chi connectivity index (χ4n) is 3.75. The summed E-state index contributed by atoms with van der Waals surface area (Å²) >= 11 is 0. The fraction of sp³-hybridized carbons (Fsp3) is 0.385. The van der Waals surface area contributed by atoms with E-state index in [1.165, 1.54) is 0 Å². The second-order valence-electron chi connectivity index (χ2n) is 7.92. The molecule has 0 aliphatic carbocycles. The Labute approximate surface area is 199 Å². The Kier molecular flexibility index (Phi) is 8.04. The lowest BCUT2D eigenvalue weighted by Gasteiger charge is -2.28. The van der Waals surface area contributed by atoms with Crippen LogP contribution in [0.25, 0.3) is 11.1 Å². The highest BCUT2D eigenvalue weighted by Crippen LogP contribution is 2.43. The smallest absolute Gasteiger partial charge is 0.340 e. The molecule has 0 saturated carbocycles. The van der Waals surface area contributed by atoms with Crippen LogP contribution in [0.15, 0.2) is 47.9 Å². The molecule has 0 unspecified atom stereocenters. The maximum Gasteiger partial charge on any atom is 0.340 e. The summed E-state index contributed by atoms with van der Waals surface area (Å²) < 4.78 is 27.2. The summed E-state index contributed by atoms with van der Waals surface area (Å²) in [4.78, 5) is 25.5. The first kappa shape index (κ1) is 25.0. The molecule has 1 aliphatic heterocycles. The Hall–Kier alpha value is -3.68. The molecule has 0 spiro atoms. The lowest BCUT2D eigenvalue weighted by Crippen LogP contribution is -2.29. The van der Waals surface area contributed by atoms with Gasteiger partial charge in [-0.3, -0.25) is 4.79 Å². The lowest BCUT2D eigenvalue weighted by atomic mass is 9.84. The molecule has 0 bridgehead atoms. The Bertz CT molecular complexity index is 1070. The van der Waals surface area contributed by atoms with Gasteiger partial charge in [-0.25, -0.2) is 4.79 Å². The van der Waals surface area contributed by atoms with Crippen molar-refractivity contribution in [1.82, 2.24) is 0 Å². The molecular formula is C26H31NO7. The van der Waals surface area contributed by atoms with E-state index in [2.05, 4.69) is 0 Å². The first-order chi connectivity index (χ1) is 16.3. The number of benzene rings is 2. The van der Waals surface area contributed by atoms with E-state index in [9.17, 15) is 9.59 Å². The third-order valence-corrected chi connectivity index (χ3v) is 5.68. The number of nitrogens with two attached hydrogens (primary N) is 1. The number of fused-ring (bicyclic) bond motifs is 1. The fourth-order valence-corrected chi connectivity index (χ4v) is 3.75. The maximum absolute atomic E-state index is 12.8. The summed E-state index contributed by atoms with van der Waals surface area (Å²) in [5.41, 5.74) is 8.52. The van der Waals surface area contributed by atoms with E-state index in [4.69, 9.17) is 29.4 Å². The highest BCUT2D eigenvalue weighted by molar-refractivity contribution is 5.93. The zero-order valence-corrected chi connectivity index (χ0v) is 20.2. The zero-order chi connectivity index (χ0) is 24.8. The van der Waals surface area contributed by atoms with E-state index < -0.39 is 17.9 Å². The van der Waals surface area contributed by atoms with Crippen LogP contribution in [0.4, 0.5) is 0 Å². The van der Waals surface area contributed by atoms with E-state index >= 15 is 0 Å². The van der Waals surface area contributed by atoms with Gasteiger partial charge in [0.05, 0.1) is 33.4 Å². The third kappa shape index (κ3) is 5.44. The predicted octanol–water partition coefficient (Wildman–Crippen LogP) is 4.31. The minimum Gasteiger partial charge on any atom is -0.497 e. The molecule has 0 saturated heterocycles. The first-order valence-corrected chi connectivity index (χ1v) is 11.2. The Morgan fingerprint density at radius 3 is 2.29 bits per heavy atom. The van der Waals surface area contributed by atoms with Crippen molar-refractivity contribution >= 4 is 11.9 Å². The Balaban J connectivity index is 2.08.